The molecule has 0 aliphatic carbocycles. The first kappa shape index (κ1) is 14.0. The maximum absolute atomic E-state index is 4.30. The summed E-state index contributed by atoms with van der Waals surface area (Å²) in [5.74, 6) is 0. The Hall–Kier alpha value is -0.450. The van der Waals surface area contributed by atoms with E-state index in [0.29, 0.717) is 6.04 Å². The lowest BCUT2D eigenvalue weighted by Crippen LogP contribution is -2.61. The van der Waals surface area contributed by atoms with Crippen molar-refractivity contribution in [1.29, 1.82) is 0 Å². The minimum Gasteiger partial charge on any atom is -0.309 e. The summed E-state index contributed by atoms with van der Waals surface area (Å²) in [5, 5.41) is 8.56. The molecule has 4 heteroatoms. The van der Waals surface area contributed by atoms with Gasteiger partial charge in [0.05, 0.1) is 5.01 Å². The van der Waals surface area contributed by atoms with Gasteiger partial charge < -0.3 is 10.6 Å². The van der Waals surface area contributed by atoms with Crippen molar-refractivity contribution in [3.63, 3.8) is 0 Å². The second kappa shape index (κ2) is 4.91. The fraction of sp³-hybridized carbons (Fsp3) is 0.786. The Morgan fingerprint density at radius 2 is 1.94 bits per heavy atom. The molecule has 0 atom stereocenters. The van der Waals surface area contributed by atoms with Crippen LogP contribution in [0.3, 0.4) is 0 Å². The molecule has 2 N–H and O–H groups in total. The Kier molecular flexibility index (Phi) is 3.81. The van der Waals surface area contributed by atoms with Gasteiger partial charge in [-0.15, -0.1) is 11.3 Å². The Labute approximate surface area is 114 Å². The third-order valence-corrected chi connectivity index (χ3v) is 4.34. The van der Waals surface area contributed by atoms with Gasteiger partial charge in [-0.1, -0.05) is 0 Å². The highest BCUT2D eigenvalue weighted by atomic mass is 32.1. The van der Waals surface area contributed by atoms with Crippen molar-refractivity contribution in [3.8, 4) is 0 Å². The minimum absolute atomic E-state index is 0.211. The number of nitrogens with zero attached hydrogens (tertiary/aromatic N) is 1. The number of aromatic nitrogens is 1. The molecule has 0 spiro atoms. The molecule has 18 heavy (non-hydrogen) atoms. The summed E-state index contributed by atoms with van der Waals surface area (Å²) >= 11 is 1.79. The van der Waals surface area contributed by atoms with Crippen molar-refractivity contribution in [2.45, 2.75) is 71.1 Å². The van der Waals surface area contributed by atoms with E-state index in [4.69, 9.17) is 0 Å². The average Bonchev–Trinajstić information content (AvgIpc) is 2.56. The first-order chi connectivity index (χ1) is 8.26. The highest BCUT2D eigenvalue weighted by Gasteiger charge is 2.37. The Morgan fingerprint density at radius 1 is 1.33 bits per heavy atom. The maximum atomic E-state index is 4.30. The number of aryl methyl sites for hydroxylation is 1. The molecule has 102 valence electrons. The van der Waals surface area contributed by atoms with E-state index in [1.165, 1.54) is 17.7 Å². The molecule has 3 nitrogen and oxygen atoms in total. The predicted octanol–water partition coefficient (Wildman–Crippen LogP) is 2.85. The van der Waals surface area contributed by atoms with Crippen LogP contribution >= 0.6 is 11.3 Å². The number of thiazole rings is 1. The van der Waals surface area contributed by atoms with E-state index < -0.39 is 0 Å². The fourth-order valence-corrected chi connectivity index (χ4v) is 3.94. The first-order valence-electron chi connectivity index (χ1n) is 6.70. The van der Waals surface area contributed by atoms with E-state index in [-0.39, 0.29) is 11.1 Å². The van der Waals surface area contributed by atoms with Gasteiger partial charge in [0.2, 0.25) is 0 Å². The van der Waals surface area contributed by atoms with Crippen LogP contribution in [0.15, 0.2) is 6.20 Å². The van der Waals surface area contributed by atoms with Crippen molar-refractivity contribution in [1.82, 2.24) is 15.6 Å². The highest BCUT2D eigenvalue weighted by Crippen LogP contribution is 2.28. The number of hydrogen-bond acceptors (Lipinski definition) is 4. The van der Waals surface area contributed by atoms with Gasteiger partial charge in [0.25, 0.3) is 0 Å². The van der Waals surface area contributed by atoms with Crippen molar-refractivity contribution >= 4 is 11.3 Å². The summed E-state index contributed by atoms with van der Waals surface area (Å²) in [7, 11) is 0. The van der Waals surface area contributed by atoms with Gasteiger partial charge >= 0.3 is 0 Å². The van der Waals surface area contributed by atoms with Gasteiger partial charge in [-0.05, 0) is 47.5 Å². The standard InChI is InChI=1S/C14H25N3S/c1-10-15-8-12(18-10)9-16-11-6-13(2,3)17-14(4,5)7-11/h8,11,16-17H,6-7,9H2,1-5H3. The topological polar surface area (TPSA) is 37.0 Å². The van der Waals surface area contributed by atoms with Crippen molar-refractivity contribution in [2.75, 3.05) is 0 Å². The van der Waals surface area contributed by atoms with Crippen LogP contribution in [0.25, 0.3) is 0 Å². The monoisotopic (exact) mass is 267 g/mol. The molecule has 1 aliphatic heterocycles. The molecule has 1 aromatic rings. The molecule has 0 aromatic carbocycles. The van der Waals surface area contributed by atoms with Crippen LogP contribution in [0, 0.1) is 6.92 Å². The second-order valence-corrected chi connectivity index (χ2v) is 8.04. The van der Waals surface area contributed by atoms with E-state index in [0.717, 1.165) is 11.6 Å². The van der Waals surface area contributed by atoms with Gasteiger partial charge in [-0.25, -0.2) is 4.98 Å². The lowest BCUT2D eigenvalue weighted by Gasteiger charge is -2.46. The van der Waals surface area contributed by atoms with Crippen LogP contribution in [-0.2, 0) is 6.54 Å². The summed E-state index contributed by atoms with van der Waals surface area (Å²) in [4.78, 5) is 5.64. The Balaban J connectivity index is 1.93. The first-order valence-corrected chi connectivity index (χ1v) is 7.51. The van der Waals surface area contributed by atoms with Gasteiger partial charge in [0.15, 0.2) is 0 Å². The molecule has 1 saturated heterocycles. The number of rotatable bonds is 3. The zero-order valence-corrected chi connectivity index (χ0v) is 12.9. The van der Waals surface area contributed by atoms with Crippen LogP contribution in [0.1, 0.15) is 50.4 Å². The number of hydrogen-bond donors (Lipinski definition) is 2. The molecule has 2 heterocycles. The van der Waals surface area contributed by atoms with Crippen LogP contribution < -0.4 is 10.6 Å². The lowest BCUT2D eigenvalue weighted by atomic mass is 9.79. The van der Waals surface area contributed by atoms with E-state index in [1.54, 1.807) is 11.3 Å². The molecule has 0 amide bonds. The summed E-state index contributed by atoms with van der Waals surface area (Å²) in [6.45, 7) is 12.2. The number of nitrogens with one attached hydrogen (secondary N) is 2. The zero-order chi connectivity index (χ0) is 13.4. The second-order valence-electron chi connectivity index (χ2n) is 6.72. The summed E-state index contributed by atoms with van der Waals surface area (Å²) < 4.78 is 0. The summed E-state index contributed by atoms with van der Waals surface area (Å²) in [6.07, 6.45) is 4.34. The van der Waals surface area contributed by atoms with E-state index in [1.807, 2.05) is 6.20 Å². The quantitative estimate of drug-likeness (QED) is 0.884. The summed E-state index contributed by atoms with van der Waals surface area (Å²) in [5.41, 5.74) is 0.423. The largest absolute Gasteiger partial charge is 0.309 e. The van der Waals surface area contributed by atoms with Crippen molar-refractivity contribution in [3.05, 3.63) is 16.1 Å². The minimum atomic E-state index is 0.211. The molecule has 2 rings (SSSR count). The van der Waals surface area contributed by atoms with E-state index in [2.05, 4.69) is 50.2 Å². The predicted molar refractivity (Wildman–Crippen MR) is 78.0 cm³/mol. The van der Waals surface area contributed by atoms with Crippen LogP contribution in [0.4, 0.5) is 0 Å². The molecule has 0 radical (unpaired) electrons. The average molecular weight is 267 g/mol. The zero-order valence-electron chi connectivity index (χ0n) is 12.1. The number of piperidine rings is 1. The smallest absolute Gasteiger partial charge is 0.0897 e. The van der Waals surface area contributed by atoms with Crippen molar-refractivity contribution < 1.29 is 0 Å². The van der Waals surface area contributed by atoms with Gasteiger partial charge in [0.1, 0.15) is 0 Å². The molecule has 1 aliphatic rings. The molecular weight excluding hydrogens is 242 g/mol. The fourth-order valence-electron chi connectivity index (χ4n) is 3.20. The van der Waals surface area contributed by atoms with Crippen LogP contribution in [0.5, 0.6) is 0 Å². The van der Waals surface area contributed by atoms with E-state index >= 15 is 0 Å². The Morgan fingerprint density at radius 3 is 2.44 bits per heavy atom. The maximum Gasteiger partial charge on any atom is 0.0897 e. The van der Waals surface area contributed by atoms with Crippen LogP contribution in [0.2, 0.25) is 0 Å². The molecule has 1 aromatic heterocycles. The molecular formula is C14H25N3S. The highest BCUT2D eigenvalue weighted by molar-refractivity contribution is 7.11. The lowest BCUT2D eigenvalue weighted by molar-refractivity contribution is 0.146. The SMILES string of the molecule is Cc1ncc(CNC2CC(C)(C)NC(C)(C)C2)s1. The third-order valence-electron chi connectivity index (χ3n) is 3.42. The van der Waals surface area contributed by atoms with Gasteiger partial charge in [0, 0.05) is 34.7 Å². The molecule has 0 saturated carbocycles. The third kappa shape index (κ3) is 3.77. The molecule has 0 unspecified atom stereocenters. The Bertz CT molecular complexity index is 393. The van der Waals surface area contributed by atoms with Crippen molar-refractivity contribution in [2.24, 2.45) is 0 Å². The van der Waals surface area contributed by atoms with Gasteiger partial charge in [-0.2, -0.15) is 0 Å². The normalized spacial score (nSPS) is 23.2. The van der Waals surface area contributed by atoms with Crippen LogP contribution in [-0.4, -0.2) is 22.1 Å². The van der Waals surface area contributed by atoms with E-state index in [9.17, 15) is 0 Å². The molecule has 1 fully saturated rings. The molecule has 0 bridgehead atoms. The summed E-state index contributed by atoms with van der Waals surface area (Å²) in [6, 6.07) is 0.582. The van der Waals surface area contributed by atoms with Gasteiger partial charge in [-0.3, -0.25) is 0 Å².